The van der Waals surface area contributed by atoms with E-state index in [4.69, 9.17) is 9.39 Å². The molecule has 0 saturated carbocycles. The molecule has 0 aliphatic rings. The predicted octanol–water partition coefficient (Wildman–Crippen LogP) is 0.106. The lowest BCUT2D eigenvalue weighted by atomic mass is 9.86. The summed E-state index contributed by atoms with van der Waals surface area (Å²) >= 11 is 0. The highest BCUT2D eigenvalue weighted by atomic mass is 16.5. The fourth-order valence-electron chi connectivity index (χ4n) is 0.705. The third-order valence-corrected chi connectivity index (χ3v) is 1.79. The Morgan fingerprint density at radius 2 is 1.67 bits per heavy atom. The van der Waals surface area contributed by atoms with Gasteiger partial charge in [0.25, 0.3) is 8.05 Å². The van der Waals surface area contributed by atoms with Crippen molar-refractivity contribution in [2.45, 2.75) is 45.2 Å². The zero-order valence-electron chi connectivity index (χ0n) is 9.23. The Morgan fingerprint density at radius 1 is 1.17 bits per heavy atom. The maximum atomic E-state index is 5.59. The van der Waals surface area contributed by atoms with E-state index in [9.17, 15) is 0 Å². The second-order valence-corrected chi connectivity index (χ2v) is 4.67. The van der Waals surface area contributed by atoms with Crippen LogP contribution in [-0.4, -0.2) is 33.6 Å². The second-order valence-electron chi connectivity index (χ2n) is 4.67. The Kier molecular flexibility index (Phi) is 4.35. The first-order valence-corrected chi connectivity index (χ1v) is 4.46. The highest BCUT2D eigenvalue weighted by Crippen LogP contribution is 2.14. The second kappa shape index (κ2) is 4.33. The van der Waals surface area contributed by atoms with Crippen molar-refractivity contribution in [3.05, 3.63) is 0 Å². The van der Waals surface area contributed by atoms with Gasteiger partial charge in [-0.2, -0.15) is 0 Å². The molecule has 0 saturated heterocycles. The van der Waals surface area contributed by atoms with Crippen LogP contribution in [-0.2, 0) is 9.39 Å². The molecular weight excluding hydrogens is 150 g/mol. The van der Waals surface area contributed by atoms with Crippen LogP contribution in [0.1, 0.15) is 34.1 Å². The summed E-state index contributed by atoms with van der Waals surface area (Å²) in [4.78, 5) is 0. The van der Waals surface area contributed by atoms with E-state index in [-0.39, 0.29) is 11.1 Å². The summed E-state index contributed by atoms with van der Waals surface area (Å²) in [5.74, 6) is 0. The van der Waals surface area contributed by atoms with Crippen LogP contribution in [0.25, 0.3) is 0 Å². The Hall–Kier alpha value is 0.0499. The monoisotopic (exact) mass is 170 g/mol. The van der Waals surface area contributed by atoms with Crippen molar-refractivity contribution in [2.24, 2.45) is 0 Å². The van der Waals surface area contributed by atoms with Gasteiger partial charge in [0.05, 0.1) is 0 Å². The molecule has 0 heterocycles. The van der Waals surface area contributed by atoms with Crippen LogP contribution in [0.3, 0.4) is 0 Å². The summed E-state index contributed by atoms with van der Waals surface area (Å²) in [5, 5.41) is 0. The molecule has 12 heavy (non-hydrogen) atoms. The summed E-state index contributed by atoms with van der Waals surface area (Å²) in [5.41, 5.74) is -0.102. The van der Waals surface area contributed by atoms with Crippen LogP contribution in [0.4, 0.5) is 0 Å². The van der Waals surface area contributed by atoms with Crippen LogP contribution in [0, 0.1) is 0 Å². The third-order valence-electron chi connectivity index (χ3n) is 1.79. The Bertz CT molecular complexity index is 130. The standard InChI is InChI=1S/C8H20B2O2/c1-7(2,12-10)5-6-11-8(3,4)9/h5-6,9-10H2,1-4H3. The third kappa shape index (κ3) is 6.74. The van der Waals surface area contributed by atoms with E-state index in [1.165, 1.54) is 0 Å². The largest absolute Gasteiger partial charge is 0.439 e. The van der Waals surface area contributed by atoms with Crippen LogP contribution >= 0.6 is 0 Å². The molecule has 0 unspecified atom stereocenters. The summed E-state index contributed by atoms with van der Waals surface area (Å²) in [6.45, 7) is 9.02. The first-order valence-electron chi connectivity index (χ1n) is 4.46. The average molecular weight is 170 g/mol. The van der Waals surface area contributed by atoms with Crippen molar-refractivity contribution in [3.63, 3.8) is 0 Å². The number of ether oxygens (including phenoxy) is 1. The molecule has 0 aliphatic heterocycles. The lowest BCUT2D eigenvalue weighted by molar-refractivity contribution is 0.00676. The van der Waals surface area contributed by atoms with E-state index in [0.717, 1.165) is 13.0 Å². The summed E-state index contributed by atoms with van der Waals surface area (Å²) in [6, 6.07) is 0. The van der Waals surface area contributed by atoms with Gasteiger partial charge in [0, 0.05) is 17.7 Å². The van der Waals surface area contributed by atoms with Gasteiger partial charge in [0.15, 0.2) is 0 Å². The lowest BCUT2D eigenvalue weighted by Crippen LogP contribution is -2.30. The fraction of sp³-hybridized carbons (Fsp3) is 1.00. The van der Waals surface area contributed by atoms with Gasteiger partial charge in [-0.05, 0) is 34.1 Å². The van der Waals surface area contributed by atoms with Crippen molar-refractivity contribution < 1.29 is 9.39 Å². The topological polar surface area (TPSA) is 18.5 Å². The highest BCUT2D eigenvalue weighted by Gasteiger charge is 2.17. The van der Waals surface area contributed by atoms with Crippen molar-refractivity contribution in [2.75, 3.05) is 6.61 Å². The van der Waals surface area contributed by atoms with Crippen molar-refractivity contribution in [1.82, 2.24) is 0 Å². The lowest BCUT2D eigenvalue weighted by Gasteiger charge is -2.26. The Morgan fingerprint density at radius 3 is 2.00 bits per heavy atom. The van der Waals surface area contributed by atoms with Gasteiger partial charge in [0.1, 0.15) is 7.85 Å². The van der Waals surface area contributed by atoms with Crippen LogP contribution in [0.5, 0.6) is 0 Å². The van der Waals surface area contributed by atoms with Crippen molar-refractivity contribution >= 4 is 15.9 Å². The molecule has 0 aromatic rings. The van der Waals surface area contributed by atoms with Crippen LogP contribution in [0.15, 0.2) is 0 Å². The van der Waals surface area contributed by atoms with Gasteiger partial charge < -0.3 is 9.39 Å². The van der Waals surface area contributed by atoms with E-state index in [0.29, 0.717) is 0 Å². The minimum atomic E-state index is -0.0642. The van der Waals surface area contributed by atoms with E-state index in [1.54, 1.807) is 8.05 Å². The number of rotatable bonds is 5. The molecular formula is C8H20B2O2. The molecule has 0 rings (SSSR count). The molecule has 0 aromatic carbocycles. The van der Waals surface area contributed by atoms with Gasteiger partial charge in [-0.3, -0.25) is 0 Å². The molecule has 0 bridgehead atoms. The minimum absolute atomic E-state index is 0.0379. The molecule has 4 heteroatoms. The Balaban J connectivity index is 3.57. The molecule has 0 radical (unpaired) electrons. The van der Waals surface area contributed by atoms with Gasteiger partial charge in [-0.15, -0.1) is 0 Å². The normalized spacial score (nSPS) is 13.3. The molecule has 0 aromatic heterocycles. The smallest absolute Gasteiger partial charge is 0.258 e. The number of hydrogen-bond acceptors (Lipinski definition) is 2. The SMILES string of the molecule is BOC(C)(C)CCOC(B)(C)C. The molecule has 0 fully saturated rings. The van der Waals surface area contributed by atoms with E-state index >= 15 is 0 Å². The summed E-state index contributed by atoms with van der Waals surface area (Å²) < 4.78 is 10.9. The molecule has 0 amide bonds. The molecule has 0 spiro atoms. The first kappa shape index (κ1) is 12.0. The minimum Gasteiger partial charge on any atom is -0.439 e. The molecule has 0 atom stereocenters. The summed E-state index contributed by atoms with van der Waals surface area (Å²) in [7, 11) is 3.80. The molecule has 70 valence electrons. The summed E-state index contributed by atoms with van der Waals surface area (Å²) in [6.07, 6.45) is 0.931. The average Bonchev–Trinajstić information content (AvgIpc) is 1.84. The van der Waals surface area contributed by atoms with Crippen molar-refractivity contribution in [3.8, 4) is 0 Å². The van der Waals surface area contributed by atoms with Gasteiger partial charge in [-0.25, -0.2) is 0 Å². The van der Waals surface area contributed by atoms with Gasteiger partial charge >= 0.3 is 0 Å². The van der Waals surface area contributed by atoms with Crippen molar-refractivity contribution in [1.29, 1.82) is 0 Å². The molecule has 0 aliphatic carbocycles. The van der Waals surface area contributed by atoms with E-state index in [2.05, 4.69) is 35.5 Å². The fourth-order valence-corrected chi connectivity index (χ4v) is 0.705. The van der Waals surface area contributed by atoms with Crippen LogP contribution in [0.2, 0.25) is 0 Å². The quantitative estimate of drug-likeness (QED) is 0.545. The maximum Gasteiger partial charge on any atom is 0.258 e. The predicted molar refractivity (Wildman–Crippen MR) is 56.9 cm³/mol. The van der Waals surface area contributed by atoms with E-state index < -0.39 is 0 Å². The highest BCUT2D eigenvalue weighted by molar-refractivity contribution is 6.13. The van der Waals surface area contributed by atoms with Crippen LogP contribution < -0.4 is 0 Å². The first-order chi connectivity index (χ1) is 5.27. The number of hydrogen-bond donors (Lipinski definition) is 0. The van der Waals surface area contributed by atoms with Gasteiger partial charge in [0.2, 0.25) is 0 Å². The molecule has 0 N–H and O–H groups in total. The molecule has 2 nitrogen and oxygen atoms in total. The van der Waals surface area contributed by atoms with Gasteiger partial charge in [-0.1, -0.05) is 0 Å². The maximum absolute atomic E-state index is 5.59. The van der Waals surface area contributed by atoms with E-state index in [1.807, 2.05) is 0 Å². The zero-order chi connectivity index (χ0) is 9.83. The Labute approximate surface area is 77.9 Å². The zero-order valence-corrected chi connectivity index (χ0v) is 9.23.